The molecule has 0 spiro atoms. The highest BCUT2D eigenvalue weighted by molar-refractivity contribution is 6.31. The minimum Gasteiger partial charge on any atom is -0.252 e. The number of hydrogen-bond acceptors (Lipinski definition) is 1. The average molecular weight is 256 g/mol. The van der Waals surface area contributed by atoms with Gasteiger partial charge >= 0.3 is 0 Å². The van der Waals surface area contributed by atoms with Crippen LogP contribution in [0.1, 0.15) is 25.3 Å². The number of para-hydroxylation sites is 1. The van der Waals surface area contributed by atoms with Gasteiger partial charge in [0.1, 0.15) is 0 Å². The summed E-state index contributed by atoms with van der Waals surface area (Å²) in [6.07, 6.45) is 8.41. The van der Waals surface area contributed by atoms with Gasteiger partial charge in [0, 0.05) is 21.9 Å². The zero-order valence-electron chi connectivity index (χ0n) is 10.3. The van der Waals surface area contributed by atoms with E-state index in [2.05, 4.69) is 29.3 Å². The summed E-state index contributed by atoms with van der Waals surface area (Å²) in [5.41, 5.74) is 5.62. The summed E-state index contributed by atoms with van der Waals surface area (Å²) in [6, 6.07) is 8.23. The quantitative estimate of drug-likeness (QED) is 0.668. The molecule has 0 amide bonds. The van der Waals surface area contributed by atoms with Gasteiger partial charge in [0.2, 0.25) is 0 Å². The Bertz CT molecular complexity index is 618. The van der Waals surface area contributed by atoms with Gasteiger partial charge in [0.05, 0.1) is 5.69 Å². The molecule has 2 heteroatoms. The molecule has 0 bridgehead atoms. The van der Waals surface area contributed by atoms with Crippen LogP contribution in [-0.2, 0) is 0 Å². The zero-order chi connectivity index (χ0) is 12.5. The van der Waals surface area contributed by atoms with Crippen molar-refractivity contribution in [3.05, 3.63) is 58.7 Å². The van der Waals surface area contributed by atoms with Crippen molar-refractivity contribution in [3.8, 4) is 0 Å². The number of allylic oxidation sites excluding steroid dienone is 6. The molecule has 1 aromatic carbocycles. The number of halogens is 1. The molecule has 0 unspecified atom stereocenters. The van der Waals surface area contributed by atoms with Crippen molar-refractivity contribution in [1.29, 1.82) is 0 Å². The lowest BCUT2D eigenvalue weighted by molar-refractivity contribution is 1.01. The summed E-state index contributed by atoms with van der Waals surface area (Å²) in [6.45, 7) is 2.05. The summed E-state index contributed by atoms with van der Waals surface area (Å²) in [5.74, 6) is 0. The van der Waals surface area contributed by atoms with E-state index in [-0.39, 0.29) is 0 Å². The van der Waals surface area contributed by atoms with Crippen LogP contribution in [0.2, 0.25) is 0 Å². The van der Waals surface area contributed by atoms with E-state index < -0.39 is 0 Å². The topological polar surface area (TPSA) is 12.4 Å². The first-order chi connectivity index (χ1) is 8.75. The lowest BCUT2D eigenvalue weighted by atomic mass is 9.98. The van der Waals surface area contributed by atoms with Crippen molar-refractivity contribution in [1.82, 2.24) is 0 Å². The van der Waals surface area contributed by atoms with Crippen LogP contribution in [0.3, 0.4) is 0 Å². The van der Waals surface area contributed by atoms with E-state index in [1.165, 1.54) is 11.1 Å². The molecule has 0 N–H and O–H groups in total. The van der Waals surface area contributed by atoms with Crippen LogP contribution in [0.5, 0.6) is 0 Å². The Morgan fingerprint density at radius 2 is 2.11 bits per heavy atom. The van der Waals surface area contributed by atoms with E-state index in [1.54, 1.807) is 0 Å². The molecule has 18 heavy (non-hydrogen) atoms. The minimum absolute atomic E-state index is 0.939. The molecule has 0 aromatic heterocycles. The summed E-state index contributed by atoms with van der Waals surface area (Å²) in [5, 5.41) is 0.946. The van der Waals surface area contributed by atoms with E-state index in [9.17, 15) is 0 Å². The summed E-state index contributed by atoms with van der Waals surface area (Å²) in [4.78, 5) is 4.58. The lowest BCUT2D eigenvalue weighted by Crippen LogP contribution is -1.93. The Labute approximate surface area is 112 Å². The number of fused-ring (bicyclic) bond motifs is 1. The first kappa shape index (κ1) is 11.5. The second-order valence-electron chi connectivity index (χ2n) is 4.57. The van der Waals surface area contributed by atoms with Crippen LogP contribution in [0.25, 0.3) is 5.57 Å². The molecule has 0 saturated carbocycles. The molecule has 1 nitrogen and oxygen atoms in total. The number of rotatable bonds is 1. The molecule has 0 saturated heterocycles. The molecule has 1 aliphatic carbocycles. The lowest BCUT2D eigenvalue weighted by Gasteiger charge is -2.08. The standard InChI is InChI=1S/C16H14ClN/c1-11-14(10-12-6-2-4-8-15(12)17)13-7-3-5-9-16(13)18-11/h2-3,5-7,9-10H,4,8H2,1H3/b14-10+. The number of hydrogen-bond donors (Lipinski definition) is 0. The third-order valence-corrected chi connectivity index (χ3v) is 3.72. The molecule has 0 atom stereocenters. The van der Waals surface area contributed by atoms with Crippen molar-refractivity contribution < 1.29 is 0 Å². The molecule has 1 aromatic rings. The van der Waals surface area contributed by atoms with Gasteiger partial charge in [0.15, 0.2) is 0 Å². The van der Waals surface area contributed by atoms with Gasteiger partial charge in [-0.2, -0.15) is 0 Å². The maximum atomic E-state index is 6.28. The maximum absolute atomic E-state index is 6.28. The minimum atomic E-state index is 0.939. The highest BCUT2D eigenvalue weighted by Crippen LogP contribution is 2.36. The second-order valence-corrected chi connectivity index (χ2v) is 5.03. The Morgan fingerprint density at radius 1 is 1.28 bits per heavy atom. The predicted octanol–water partition coefficient (Wildman–Crippen LogP) is 5.02. The molecule has 1 heterocycles. The van der Waals surface area contributed by atoms with E-state index in [1.807, 2.05) is 25.1 Å². The Kier molecular flexibility index (Phi) is 2.92. The van der Waals surface area contributed by atoms with Crippen LogP contribution in [-0.4, -0.2) is 5.71 Å². The van der Waals surface area contributed by atoms with Gasteiger partial charge in [0.25, 0.3) is 0 Å². The fourth-order valence-electron chi connectivity index (χ4n) is 2.35. The smallest absolute Gasteiger partial charge is 0.0712 e. The van der Waals surface area contributed by atoms with E-state index in [4.69, 9.17) is 11.6 Å². The molecule has 0 fully saturated rings. The number of nitrogens with zero attached hydrogens (tertiary/aromatic N) is 1. The SMILES string of the molecule is CC1=Nc2ccccc2/C1=C/C1=C(Cl)CCC=C1. The average Bonchev–Trinajstić information content (AvgIpc) is 2.69. The van der Waals surface area contributed by atoms with Crippen molar-refractivity contribution in [2.45, 2.75) is 19.8 Å². The van der Waals surface area contributed by atoms with Crippen LogP contribution < -0.4 is 0 Å². The molecular weight excluding hydrogens is 242 g/mol. The highest BCUT2D eigenvalue weighted by atomic mass is 35.5. The molecule has 0 radical (unpaired) electrons. The third-order valence-electron chi connectivity index (χ3n) is 3.31. The molecule has 90 valence electrons. The second kappa shape index (κ2) is 4.58. The van der Waals surface area contributed by atoms with Crippen LogP contribution >= 0.6 is 11.6 Å². The van der Waals surface area contributed by atoms with Crippen molar-refractivity contribution in [3.63, 3.8) is 0 Å². The van der Waals surface area contributed by atoms with Crippen molar-refractivity contribution in [2.75, 3.05) is 0 Å². The van der Waals surface area contributed by atoms with Crippen LogP contribution in [0, 0.1) is 0 Å². The Balaban J connectivity index is 2.08. The van der Waals surface area contributed by atoms with Crippen LogP contribution in [0.4, 0.5) is 5.69 Å². The van der Waals surface area contributed by atoms with Gasteiger partial charge < -0.3 is 0 Å². The van der Waals surface area contributed by atoms with E-state index in [0.29, 0.717) is 0 Å². The Morgan fingerprint density at radius 3 is 2.94 bits per heavy atom. The van der Waals surface area contributed by atoms with Gasteiger partial charge in [-0.25, -0.2) is 0 Å². The Hall–Kier alpha value is -1.60. The van der Waals surface area contributed by atoms with Crippen LogP contribution in [0.15, 0.2) is 58.1 Å². The third kappa shape index (κ3) is 1.95. The van der Waals surface area contributed by atoms with E-state index in [0.717, 1.165) is 34.8 Å². The summed E-state index contributed by atoms with van der Waals surface area (Å²) in [7, 11) is 0. The molecular formula is C16H14ClN. The van der Waals surface area contributed by atoms with Gasteiger partial charge in [-0.1, -0.05) is 42.0 Å². The molecule has 1 aliphatic heterocycles. The predicted molar refractivity (Wildman–Crippen MR) is 78.4 cm³/mol. The normalized spacial score (nSPS) is 20.3. The number of aliphatic imine (C=N–C) groups is 1. The summed E-state index contributed by atoms with van der Waals surface area (Å²) < 4.78 is 0. The van der Waals surface area contributed by atoms with Gasteiger partial charge in [-0.15, -0.1) is 0 Å². The largest absolute Gasteiger partial charge is 0.252 e. The highest BCUT2D eigenvalue weighted by Gasteiger charge is 2.17. The first-order valence-electron chi connectivity index (χ1n) is 6.17. The van der Waals surface area contributed by atoms with Gasteiger partial charge in [-0.05, 0) is 37.5 Å². The zero-order valence-corrected chi connectivity index (χ0v) is 11.0. The fraction of sp³-hybridized carbons (Fsp3) is 0.188. The van der Waals surface area contributed by atoms with E-state index >= 15 is 0 Å². The maximum Gasteiger partial charge on any atom is 0.0712 e. The fourth-order valence-corrected chi connectivity index (χ4v) is 2.58. The summed E-state index contributed by atoms with van der Waals surface area (Å²) >= 11 is 6.28. The van der Waals surface area contributed by atoms with Crippen molar-refractivity contribution in [2.24, 2.45) is 4.99 Å². The van der Waals surface area contributed by atoms with Gasteiger partial charge in [-0.3, -0.25) is 4.99 Å². The monoisotopic (exact) mass is 255 g/mol. The number of benzene rings is 1. The molecule has 3 rings (SSSR count). The first-order valence-corrected chi connectivity index (χ1v) is 6.55. The van der Waals surface area contributed by atoms with Crippen molar-refractivity contribution >= 4 is 28.6 Å². The molecule has 2 aliphatic rings.